The predicted molar refractivity (Wildman–Crippen MR) is 73.1 cm³/mol. The highest BCUT2D eigenvalue weighted by Gasteiger charge is 2.22. The van der Waals surface area contributed by atoms with Gasteiger partial charge < -0.3 is 16.2 Å². The number of hydrogen-bond acceptors (Lipinski definition) is 3. The lowest BCUT2D eigenvalue weighted by Crippen LogP contribution is -2.41. The maximum absolute atomic E-state index is 11.8. The van der Waals surface area contributed by atoms with Crippen molar-refractivity contribution in [1.82, 2.24) is 5.32 Å². The van der Waals surface area contributed by atoms with Gasteiger partial charge in [-0.15, -0.1) is 0 Å². The first-order chi connectivity index (χ1) is 8.26. The number of hydrogen-bond donors (Lipinski definition) is 3. The molecule has 18 heavy (non-hydrogen) atoms. The van der Waals surface area contributed by atoms with Gasteiger partial charge >= 0.3 is 0 Å². The molecule has 1 atom stereocenters. The molecule has 0 spiro atoms. The predicted octanol–water partition coefficient (Wildman–Crippen LogP) is 1.56. The number of nitrogens with two attached hydrogens (primary N) is 1. The van der Waals surface area contributed by atoms with Crippen LogP contribution in [0.4, 0.5) is 0 Å². The number of carbonyl (C=O) groups excluding carboxylic acids is 1. The first kappa shape index (κ1) is 15.4. The van der Waals surface area contributed by atoms with E-state index in [0.717, 1.165) is 32.1 Å². The summed E-state index contributed by atoms with van der Waals surface area (Å²) in [6.45, 7) is 6.40. The van der Waals surface area contributed by atoms with E-state index in [1.807, 2.05) is 0 Å². The molecule has 0 saturated heterocycles. The molecule has 4 nitrogen and oxygen atoms in total. The quantitative estimate of drug-likeness (QED) is 0.714. The lowest BCUT2D eigenvalue weighted by molar-refractivity contribution is -0.122. The highest BCUT2D eigenvalue weighted by molar-refractivity contribution is 5.76. The molecule has 4 heteroatoms. The zero-order valence-corrected chi connectivity index (χ0v) is 11.9. The van der Waals surface area contributed by atoms with Crippen LogP contribution in [0.2, 0.25) is 0 Å². The first-order valence-corrected chi connectivity index (χ1v) is 6.99. The van der Waals surface area contributed by atoms with E-state index >= 15 is 0 Å². The van der Waals surface area contributed by atoms with E-state index in [2.05, 4.69) is 26.1 Å². The Morgan fingerprint density at radius 3 is 2.39 bits per heavy atom. The van der Waals surface area contributed by atoms with Crippen molar-refractivity contribution in [1.29, 1.82) is 0 Å². The van der Waals surface area contributed by atoms with E-state index in [-0.39, 0.29) is 29.5 Å². The van der Waals surface area contributed by atoms with E-state index in [4.69, 9.17) is 5.73 Å². The van der Waals surface area contributed by atoms with Gasteiger partial charge in [0.15, 0.2) is 0 Å². The summed E-state index contributed by atoms with van der Waals surface area (Å²) in [6, 6.07) is 0.155. The maximum Gasteiger partial charge on any atom is 0.221 e. The van der Waals surface area contributed by atoms with Gasteiger partial charge in [0.05, 0.1) is 6.10 Å². The minimum atomic E-state index is -0.179. The van der Waals surface area contributed by atoms with Crippen LogP contribution in [0.25, 0.3) is 0 Å². The summed E-state index contributed by atoms with van der Waals surface area (Å²) in [7, 11) is 0. The van der Waals surface area contributed by atoms with Gasteiger partial charge in [-0.05, 0) is 37.5 Å². The molecule has 0 aliphatic heterocycles. The third-order valence-electron chi connectivity index (χ3n) is 3.38. The van der Waals surface area contributed by atoms with Gasteiger partial charge in [0.1, 0.15) is 0 Å². The summed E-state index contributed by atoms with van der Waals surface area (Å²) in [5.41, 5.74) is 6.15. The highest BCUT2D eigenvalue weighted by atomic mass is 16.3. The Bertz CT molecular complexity index is 265. The topological polar surface area (TPSA) is 75.4 Å². The molecule has 1 unspecified atom stereocenters. The highest BCUT2D eigenvalue weighted by Crippen LogP contribution is 2.21. The van der Waals surface area contributed by atoms with Gasteiger partial charge in [0.2, 0.25) is 5.91 Å². The van der Waals surface area contributed by atoms with Crippen molar-refractivity contribution in [3.8, 4) is 0 Å². The summed E-state index contributed by atoms with van der Waals surface area (Å²) >= 11 is 0. The number of rotatable bonds is 4. The Kier molecular flexibility index (Phi) is 5.60. The lowest BCUT2D eigenvalue weighted by atomic mass is 9.87. The molecule has 1 rings (SSSR count). The zero-order valence-electron chi connectivity index (χ0n) is 11.9. The maximum atomic E-state index is 11.8. The minimum absolute atomic E-state index is 0.0492. The molecular formula is C14H28N2O2. The van der Waals surface area contributed by atoms with Crippen molar-refractivity contribution >= 4 is 5.91 Å². The second-order valence-corrected chi connectivity index (χ2v) is 6.80. The third kappa shape index (κ3) is 6.36. The second-order valence-electron chi connectivity index (χ2n) is 6.80. The van der Waals surface area contributed by atoms with E-state index < -0.39 is 0 Å². The van der Waals surface area contributed by atoms with Crippen LogP contribution >= 0.6 is 0 Å². The van der Waals surface area contributed by atoms with Crippen molar-refractivity contribution in [2.45, 2.75) is 77.5 Å². The molecule has 1 aliphatic rings. The molecule has 0 radical (unpaired) electrons. The van der Waals surface area contributed by atoms with Crippen molar-refractivity contribution in [3.05, 3.63) is 0 Å². The Balaban J connectivity index is 2.25. The van der Waals surface area contributed by atoms with E-state index in [0.29, 0.717) is 6.42 Å². The molecular weight excluding hydrogens is 228 g/mol. The summed E-state index contributed by atoms with van der Waals surface area (Å²) in [5, 5.41) is 12.4. The van der Waals surface area contributed by atoms with E-state index in [1.54, 1.807) is 0 Å². The Morgan fingerprint density at radius 2 is 1.89 bits per heavy atom. The second kappa shape index (κ2) is 6.53. The van der Waals surface area contributed by atoms with Crippen molar-refractivity contribution < 1.29 is 9.90 Å². The van der Waals surface area contributed by atoms with Crippen LogP contribution in [0, 0.1) is 5.41 Å². The van der Waals surface area contributed by atoms with E-state index in [9.17, 15) is 9.90 Å². The molecule has 0 aromatic rings. The molecule has 1 aliphatic carbocycles. The van der Waals surface area contributed by atoms with Crippen LogP contribution in [0.15, 0.2) is 0 Å². The Labute approximate surface area is 110 Å². The van der Waals surface area contributed by atoms with Gasteiger partial charge in [0, 0.05) is 18.5 Å². The number of nitrogens with one attached hydrogen (secondary N) is 1. The van der Waals surface area contributed by atoms with Gasteiger partial charge in [-0.3, -0.25) is 4.79 Å². The van der Waals surface area contributed by atoms with Crippen molar-refractivity contribution in [2.24, 2.45) is 11.1 Å². The molecule has 0 bridgehead atoms. The molecule has 1 amide bonds. The fourth-order valence-electron chi connectivity index (χ4n) is 2.60. The van der Waals surface area contributed by atoms with Crippen LogP contribution in [0.1, 0.15) is 59.3 Å². The molecule has 1 fully saturated rings. The number of aliphatic hydroxyl groups excluding tert-OH is 1. The zero-order chi connectivity index (χ0) is 13.8. The van der Waals surface area contributed by atoms with Crippen molar-refractivity contribution in [2.75, 3.05) is 0 Å². The smallest absolute Gasteiger partial charge is 0.221 e. The van der Waals surface area contributed by atoms with Crippen molar-refractivity contribution in [3.63, 3.8) is 0 Å². The first-order valence-electron chi connectivity index (χ1n) is 6.99. The fourth-order valence-corrected chi connectivity index (χ4v) is 2.60. The van der Waals surface area contributed by atoms with E-state index in [1.165, 1.54) is 0 Å². The summed E-state index contributed by atoms with van der Waals surface area (Å²) < 4.78 is 0. The fraction of sp³-hybridized carbons (Fsp3) is 0.929. The molecule has 106 valence electrons. The standard InChI is InChI=1S/C14H28N2O2/c1-14(2,3)9-10(15)8-13(18)16-11-4-6-12(17)7-5-11/h10-12,17H,4-9,15H2,1-3H3,(H,16,18). The van der Waals surface area contributed by atoms with Gasteiger partial charge in [-0.1, -0.05) is 20.8 Å². The van der Waals surface area contributed by atoms with Crippen LogP contribution in [0.3, 0.4) is 0 Å². The molecule has 1 saturated carbocycles. The summed E-state index contributed by atoms with van der Waals surface area (Å²) in [5.74, 6) is 0.0492. The molecule has 0 aromatic heterocycles. The monoisotopic (exact) mass is 256 g/mol. The molecule has 4 N–H and O–H groups in total. The Morgan fingerprint density at radius 1 is 1.33 bits per heavy atom. The number of amides is 1. The number of carbonyl (C=O) groups is 1. The number of aliphatic hydroxyl groups is 1. The Hall–Kier alpha value is -0.610. The van der Waals surface area contributed by atoms with Crippen LogP contribution < -0.4 is 11.1 Å². The average Bonchev–Trinajstić information content (AvgIpc) is 2.18. The van der Waals surface area contributed by atoms with Gasteiger partial charge in [-0.2, -0.15) is 0 Å². The lowest BCUT2D eigenvalue weighted by Gasteiger charge is -2.27. The van der Waals surface area contributed by atoms with Crippen LogP contribution in [-0.2, 0) is 4.79 Å². The molecule has 0 aromatic carbocycles. The minimum Gasteiger partial charge on any atom is -0.393 e. The third-order valence-corrected chi connectivity index (χ3v) is 3.38. The molecule has 0 heterocycles. The van der Waals surface area contributed by atoms with Crippen LogP contribution in [-0.4, -0.2) is 29.2 Å². The van der Waals surface area contributed by atoms with Gasteiger partial charge in [0.25, 0.3) is 0 Å². The van der Waals surface area contributed by atoms with Crippen LogP contribution in [0.5, 0.6) is 0 Å². The van der Waals surface area contributed by atoms with Gasteiger partial charge in [-0.25, -0.2) is 0 Å². The summed E-state index contributed by atoms with van der Waals surface area (Å²) in [6.07, 6.45) is 4.40. The average molecular weight is 256 g/mol. The summed E-state index contributed by atoms with van der Waals surface area (Å²) in [4.78, 5) is 11.8. The largest absolute Gasteiger partial charge is 0.393 e. The normalized spacial score (nSPS) is 26.7. The SMILES string of the molecule is CC(C)(C)CC(N)CC(=O)NC1CCC(O)CC1.